The minimum atomic E-state index is -0.245. The highest BCUT2D eigenvalue weighted by Crippen LogP contribution is 2.19. The first-order chi connectivity index (χ1) is 14.7. The second-order valence-corrected chi connectivity index (χ2v) is 7.20. The molecule has 1 saturated heterocycles. The van der Waals surface area contributed by atoms with Crippen molar-refractivity contribution in [2.24, 2.45) is 0 Å². The third kappa shape index (κ3) is 4.93. The summed E-state index contributed by atoms with van der Waals surface area (Å²) in [5, 5.41) is 2.85. The Hall–Kier alpha value is -3.44. The van der Waals surface area contributed by atoms with Crippen molar-refractivity contribution in [1.29, 1.82) is 0 Å². The van der Waals surface area contributed by atoms with Crippen LogP contribution in [0, 0.1) is 0 Å². The summed E-state index contributed by atoms with van der Waals surface area (Å²) in [5.41, 5.74) is 2.22. The Balaban J connectivity index is 1.38. The molecule has 0 spiro atoms. The van der Waals surface area contributed by atoms with Gasteiger partial charge in [-0.25, -0.2) is 0 Å². The molecule has 152 valence electrons. The highest BCUT2D eigenvalue weighted by molar-refractivity contribution is 6.10. The molecule has 4 rings (SSSR count). The maximum atomic E-state index is 12.6. The molecule has 0 aromatic heterocycles. The van der Waals surface area contributed by atoms with Crippen molar-refractivity contribution in [1.82, 2.24) is 0 Å². The van der Waals surface area contributed by atoms with Crippen molar-refractivity contribution in [3.05, 3.63) is 95.6 Å². The van der Waals surface area contributed by atoms with Gasteiger partial charge in [-0.2, -0.15) is 0 Å². The van der Waals surface area contributed by atoms with Crippen molar-refractivity contribution < 1.29 is 19.1 Å². The molecule has 1 fully saturated rings. The molecule has 0 bridgehead atoms. The summed E-state index contributed by atoms with van der Waals surface area (Å²) >= 11 is 0. The summed E-state index contributed by atoms with van der Waals surface area (Å²) in [5.74, 6) is 0.377. The first-order valence-corrected chi connectivity index (χ1v) is 10.0. The average molecular weight is 401 g/mol. The van der Waals surface area contributed by atoms with Crippen LogP contribution in [0.4, 0.5) is 5.69 Å². The molecule has 1 amide bonds. The van der Waals surface area contributed by atoms with Crippen molar-refractivity contribution >= 4 is 17.4 Å². The highest BCUT2D eigenvalue weighted by atomic mass is 16.5. The predicted octanol–water partition coefficient (Wildman–Crippen LogP) is 4.73. The van der Waals surface area contributed by atoms with E-state index in [2.05, 4.69) is 5.32 Å². The van der Waals surface area contributed by atoms with E-state index in [1.807, 2.05) is 18.2 Å². The summed E-state index contributed by atoms with van der Waals surface area (Å²) in [6.07, 6.45) is 2.25. The third-order valence-corrected chi connectivity index (χ3v) is 4.99. The Labute approximate surface area is 175 Å². The summed E-state index contributed by atoms with van der Waals surface area (Å²) in [6.45, 7) is 1.32. The van der Waals surface area contributed by atoms with Crippen LogP contribution in [0.25, 0.3) is 0 Å². The van der Waals surface area contributed by atoms with Crippen molar-refractivity contribution in [2.75, 3.05) is 18.5 Å². The molecule has 1 aliphatic rings. The number of nitrogens with one attached hydrogen (secondary N) is 1. The maximum Gasteiger partial charge on any atom is 0.255 e. The van der Waals surface area contributed by atoms with Crippen molar-refractivity contribution in [3.63, 3.8) is 0 Å². The van der Waals surface area contributed by atoms with E-state index in [-0.39, 0.29) is 17.8 Å². The maximum absolute atomic E-state index is 12.6. The zero-order chi connectivity index (χ0) is 20.8. The minimum Gasteiger partial charge on any atom is -0.491 e. The Bertz CT molecular complexity index is 1010. The molecule has 30 heavy (non-hydrogen) atoms. The fourth-order valence-corrected chi connectivity index (χ4v) is 3.37. The standard InChI is InChI=1S/C25H23NO4/c27-24(18-6-2-1-3-7-18)20-8-4-9-21(16-20)26-25(28)19-11-13-22(14-12-19)30-17-23-10-5-15-29-23/h1-4,6-9,11-14,16,23H,5,10,15,17H2,(H,26,28). The lowest BCUT2D eigenvalue weighted by Crippen LogP contribution is -2.16. The summed E-state index contributed by atoms with van der Waals surface area (Å²) in [7, 11) is 0. The van der Waals surface area contributed by atoms with Crippen LogP contribution in [0.1, 0.15) is 39.1 Å². The van der Waals surface area contributed by atoms with E-state index in [4.69, 9.17) is 9.47 Å². The van der Waals surface area contributed by atoms with Gasteiger partial charge in [-0.1, -0.05) is 42.5 Å². The molecular formula is C25H23NO4. The van der Waals surface area contributed by atoms with E-state index in [1.165, 1.54) is 0 Å². The largest absolute Gasteiger partial charge is 0.491 e. The fourth-order valence-electron chi connectivity index (χ4n) is 3.37. The van der Waals surface area contributed by atoms with Crippen molar-refractivity contribution in [3.8, 4) is 5.75 Å². The van der Waals surface area contributed by atoms with E-state index in [9.17, 15) is 9.59 Å². The molecule has 1 atom stereocenters. The van der Waals surface area contributed by atoms with Crippen LogP contribution in [0.15, 0.2) is 78.9 Å². The van der Waals surface area contributed by atoms with Crippen molar-refractivity contribution in [2.45, 2.75) is 18.9 Å². The molecule has 0 aliphatic carbocycles. The summed E-state index contributed by atoms with van der Waals surface area (Å²) in [6, 6.07) is 23.0. The van der Waals surface area contributed by atoms with Crippen LogP contribution in [0.5, 0.6) is 5.75 Å². The van der Waals surface area contributed by atoms with Gasteiger partial charge in [0, 0.05) is 29.0 Å². The SMILES string of the molecule is O=C(Nc1cccc(C(=O)c2ccccc2)c1)c1ccc(OCC2CCCO2)cc1. The molecule has 1 N–H and O–H groups in total. The zero-order valence-electron chi connectivity index (χ0n) is 16.5. The average Bonchev–Trinajstić information content (AvgIpc) is 3.32. The van der Waals surface area contributed by atoms with Crippen LogP contribution < -0.4 is 10.1 Å². The van der Waals surface area contributed by atoms with Crippen LogP contribution in [-0.2, 0) is 4.74 Å². The number of ketones is 1. The molecular weight excluding hydrogens is 378 g/mol. The lowest BCUT2D eigenvalue weighted by Gasteiger charge is -2.12. The lowest BCUT2D eigenvalue weighted by atomic mass is 10.0. The number of hydrogen-bond donors (Lipinski definition) is 1. The normalized spacial score (nSPS) is 15.5. The van der Waals surface area contributed by atoms with Gasteiger partial charge < -0.3 is 14.8 Å². The Morgan fingerprint density at radius 2 is 1.67 bits per heavy atom. The number of ether oxygens (including phenoxy) is 2. The van der Waals surface area contributed by atoms with E-state index < -0.39 is 0 Å². The molecule has 0 radical (unpaired) electrons. The van der Waals surface area contributed by atoms with Gasteiger partial charge in [0.25, 0.3) is 5.91 Å². The second-order valence-electron chi connectivity index (χ2n) is 7.20. The van der Waals surface area contributed by atoms with Gasteiger partial charge in [0.1, 0.15) is 12.4 Å². The number of carbonyl (C=O) groups excluding carboxylic acids is 2. The van der Waals surface area contributed by atoms with Crippen LogP contribution in [-0.4, -0.2) is 31.0 Å². The van der Waals surface area contributed by atoms with E-state index in [1.54, 1.807) is 60.7 Å². The number of hydrogen-bond acceptors (Lipinski definition) is 4. The highest BCUT2D eigenvalue weighted by Gasteiger charge is 2.16. The lowest BCUT2D eigenvalue weighted by molar-refractivity contribution is 0.0679. The topological polar surface area (TPSA) is 64.6 Å². The molecule has 3 aromatic rings. The number of amides is 1. The third-order valence-electron chi connectivity index (χ3n) is 4.99. The Morgan fingerprint density at radius 1 is 0.900 bits per heavy atom. The van der Waals surface area contributed by atoms with Gasteiger partial charge in [0.05, 0.1) is 6.10 Å². The summed E-state index contributed by atoms with van der Waals surface area (Å²) in [4.78, 5) is 25.2. The number of benzene rings is 3. The molecule has 0 saturated carbocycles. The van der Waals surface area contributed by atoms with Gasteiger partial charge in [-0.3, -0.25) is 9.59 Å². The van der Waals surface area contributed by atoms with E-state index in [0.29, 0.717) is 34.7 Å². The molecule has 1 aliphatic heterocycles. The van der Waals surface area contributed by atoms with Gasteiger partial charge in [0.2, 0.25) is 0 Å². The molecule has 3 aromatic carbocycles. The van der Waals surface area contributed by atoms with Gasteiger partial charge >= 0.3 is 0 Å². The summed E-state index contributed by atoms with van der Waals surface area (Å²) < 4.78 is 11.3. The van der Waals surface area contributed by atoms with Crippen LogP contribution in [0.2, 0.25) is 0 Å². The van der Waals surface area contributed by atoms with Gasteiger partial charge in [-0.15, -0.1) is 0 Å². The number of anilines is 1. The predicted molar refractivity (Wildman–Crippen MR) is 115 cm³/mol. The molecule has 5 nitrogen and oxygen atoms in total. The monoisotopic (exact) mass is 401 g/mol. The van der Waals surface area contributed by atoms with Gasteiger partial charge in [-0.05, 0) is 49.2 Å². The van der Waals surface area contributed by atoms with Crippen LogP contribution >= 0.6 is 0 Å². The van der Waals surface area contributed by atoms with E-state index in [0.717, 1.165) is 19.4 Å². The molecule has 1 unspecified atom stereocenters. The minimum absolute atomic E-state index is 0.0838. The smallest absolute Gasteiger partial charge is 0.255 e. The van der Waals surface area contributed by atoms with Crippen LogP contribution in [0.3, 0.4) is 0 Å². The van der Waals surface area contributed by atoms with E-state index >= 15 is 0 Å². The van der Waals surface area contributed by atoms with Gasteiger partial charge in [0.15, 0.2) is 5.78 Å². The first-order valence-electron chi connectivity index (χ1n) is 10.0. The zero-order valence-corrected chi connectivity index (χ0v) is 16.5. The first kappa shape index (κ1) is 19.9. The number of rotatable bonds is 7. The molecule has 5 heteroatoms. The Morgan fingerprint density at radius 3 is 2.40 bits per heavy atom. The number of carbonyl (C=O) groups is 2. The quantitative estimate of drug-likeness (QED) is 0.582. The second kappa shape index (κ2) is 9.37. The Kier molecular flexibility index (Phi) is 6.20. The fraction of sp³-hybridized carbons (Fsp3) is 0.200. The molecule has 1 heterocycles.